The first-order valence-corrected chi connectivity index (χ1v) is 8.79. The van der Waals surface area contributed by atoms with Crippen LogP contribution in [0.2, 0.25) is 0 Å². The summed E-state index contributed by atoms with van der Waals surface area (Å²) in [5.41, 5.74) is 2.50. The van der Waals surface area contributed by atoms with Gasteiger partial charge in [-0.25, -0.2) is 14.6 Å². The molecule has 0 bridgehead atoms. The van der Waals surface area contributed by atoms with Gasteiger partial charge in [0, 0.05) is 25.2 Å². The highest BCUT2D eigenvalue weighted by Gasteiger charge is 2.12. The van der Waals surface area contributed by atoms with Crippen LogP contribution in [0.15, 0.2) is 55.2 Å². The lowest BCUT2D eigenvalue weighted by atomic mass is 10.1. The number of nitrogens with zero attached hydrogens (tertiary/aromatic N) is 5. The van der Waals surface area contributed by atoms with Gasteiger partial charge in [0.1, 0.15) is 18.5 Å². The second-order valence-electron chi connectivity index (χ2n) is 6.28. The van der Waals surface area contributed by atoms with Gasteiger partial charge in [-0.2, -0.15) is 5.10 Å². The molecular formula is C19H20N6O2. The van der Waals surface area contributed by atoms with Gasteiger partial charge in [0.05, 0.1) is 25.1 Å². The number of ether oxygens (including phenoxy) is 1. The zero-order chi connectivity index (χ0) is 18.5. The Kier molecular flexibility index (Phi) is 5.17. The number of rotatable bonds is 5. The Hall–Kier alpha value is -3.10. The molecule has 8 nitrogen and oxygen atoms in total. The van der Waals surface area contributed by atoms with Crippen LogP contribution >= 0.6 is 0 Å². The average molecular weight is 364 g/mol. The first-order chi connectivity index (χ1) is 13.3. The van der Waals surface area contributed by atoms with E-state index in [-0.39, 0.29) is 5.91 Å². The van der Waals surface area contributed by atoms with E-state index < -0.39 is 0 Å². The first kappa shape index (κ1) is 17.3. The molecular weight excluding hydrogens is 344 g/mol. The fraction of sp³-hybridized carbons (Fsp3) is 0.263. The lowest BCUT2D eigenvalue weighted by molar-refractivity contribution is 0.0342. The van der Waals surface area contributed by atoms with E-state index in [1.165, 1.54) is 6.33 Å². The molecule has 1 aromatic carbocycles. The van der Waals surface area contributed by atoms with Crippen molar-refractivity contribution in [2.24, 2.45) is 0 Å². The summed E-state index contributed by atoms with van der Waals surface area (Å²) in [6.07, 6.45) is 4.69. The Labute approximate surface area is 156 Å². The zero-order valence-electron chi connectivity index (χ0n) is 14.8. The number of nitrogens with one attached hydrogen (secondary N) is 1. The van der Waals surface area contributed by atoms with Crippen LogP contribution < -0.4 is 5.32 Å². The second kappa shape index (κ2) is 8.07. The molecule has 0 aliphatic carbocycles. The van der Waals surface area contributed by atoms with Crippen molar-refractivity contribution in [3.63, 3.8) is 0 Å². The van der Waals surface area contributed by atoms with Crippen LogP contribution in [0.3, 0.4) is 0 Å². The fourth-order valence-corrected chi connectivity index (χ4v) is 2.95. The van der Waals surface area contributed by atoms with Crippen LogP contribution in [0.5, 0.6) is 0 Å². The quantitative estimate of drug-likeness (QED) is 0.742. The Morgan fingerprint density at radius 1 is 1.19 bits per heavy atom. The molecule has 1 fully saturated rings. The molecule has 0 atom stereocenters. The summed E-state index contributed by atoms with van der Waals surface area (Å²) in [6, 6.07) is 11.2. The molecule has 1 saturated heterocycles. The van der Waals surface area contributed by atoms with E-state index >= 15 is 0 Å². The van der Waals surface area contributed by atoms with Crippen LogP contribution in [0, 0.1) is 0 Å². The number of carbonyl (C=O) groups excluding carboxylic acids is 1. The maximum Gasteiger partial charge on any atom is 0.256 e. The van der Waals surface area contributed by atoms with Crippen LogP contribution in [-0.2, 0) is 11.3 Å². The predicted octanol–water partition coefficient (Wildman–Crippen LogP) is 1.75. The van der Waals surface area contributed by atoms with Gasteiger partial charge in [-0.3, -0.25) is 9.69 Å². The number of anilines is 1. The molecule has 2 aromatic heterocycles. The number of carbonyl (C=O) groups is 1. The summed E-state index contributed by atoms with van der Waals surface area (Å²) in [5.74, 6) is 0.308. The van der Waals surface area contributed by atoms with Gasteiger partial charge in [0.2, 0.25) is 0 Å². The average Bonchev–Trinajstić information content (AvgIpc) is 3.24. The SMILES string of the molecule is O=C(Nc1ccc(-n2cncn2)cn1)c1cccc(CN2CCOCC2)c1. The maximum atomic E-state index is 12.6. The number of benzene rings is 1. The highest BCUT2D eigenvalue weighted by Crippen LogP contribution is 2.13. The van der Waals surface area contributed by atoms with Crippen LogP contribution in [0.25, 0.3) is 5.69 Å². The van der Waals surface area contributed by atoms with E-state index in [4.69, 9.17) is 4.74 Å². The molecule has 8 heteroatoms. The van der Waals surface area contributed by atoms with Crippen molar-refractivity contribution in [3.05, 3.63) is 66.4 Å². The summed E-state index contributed by atoms with van der Waals surface area (Å²) < 4.78 is 6.98. The zero-order valence-corrected chi connectivity index (χ0v) is 14.8. The number of morpholine rings is 1. The van der Waals surface area contributed by atoms with Crippen molar-refractivity contribution in [2.75, 3.05) is 31.6 Å². The monoisotopic (exact) mass is 364 g/mol. The summed E-state index contributed by atoms with van der Waals surface area (Å²) in [6.45, 7) is 4.17. The number of pyridine rings is 1. The predicted molar refractivity (Wildman–Crippen MR) is 99.6 cm³/mol. The Balaban J connectivity index is 1.41. The number of amides is 1. The Bertz CT molecular complexity index is 889. The van der Waals surface area contributed by atoms with Gasteiger partial charge in [-0.1, -0.05) is 12.1 Å². The maximum absolute atomic E-state index is 12.6. The molecule has 3 aromatic rings. The molecule has 0 spiro atoms. The molecule has 1 aliphatic rings. The number of hydrogen-bond donors (Lipinski definition) is 1. The lowest BCUT2D eigenvalue weighted by Crippen LogP contribution is -2.35. The van der Waals surface area contributed by atoms with E-state index in [1.807, 2.05) is 30.3 Å². The van der Waals surface area contributed by atoms with Crippen LogP contribution in [0.1, 0.15) is 15.9 Å². The Morgan fingerprint density at radius 3 is 2.81 bits per heavy atom. The van der Waals surface area contributed by atoms with E-state index in [2.05, 4.69) is 25.3 Å². The van der Waals surface area contributed by atoms with Gasteiger partial charge in [-0.05, 0) is 29.8 Å². The summed E-state index contributed by atoms with van der Waals surface area (Å²) in [7, 11) is 0. The molecule has 0 radical (unpaired) electrons. The third-order valence-electron chi connectivity index (χ3n) is 4.37. The van der Waals surface area contributed by atoms with E-state index in [9.17, 15) is 4.79 Å². The molecule has 138 valence electrons. The topological polar surface area (TPSA) is 85.2 Å². The van der Waals surface area contributed by atoms with Crippen LogP contribution in [0.4, 0.5) is 5.82 Å². The third-order valence-corrected chi connectivity index (χ3v) is 4.37. The van der Waals surface area contributed by atoms with Crippen molar-refractivity contribution >= 4 is 11.7 Å². The summed E-state index contributed by atoms with van der Waals surface area (Å²) in [5, 5.41) is 6.88. The van der Waals surface area contributed by atoms with Gasteiger partial charge in [-0.15, -0.1) is 0 Å². The smallest absolute Gasteiger partial charge is 0.256 e. The highest BCUT2D eigenvalue weighted by molar-refractivity contribution is 6.03. The number of hydrogen-bond acceptors (Lipinski definition) is 6. The van der Waals surface area contributed by atoms with Gasteiger partial charge < -0.3 is 10.1 Å². The summed E-state index contributed by atoms with van der Waals surface area (Å²) >= 11 is 0. The van der Waals surface area contributed by atoms with Crippen molar-refractivity contribution in [1.82, 2.24) is 24.6 Å². The van der Waals surface area contributed by atoms with Gasteiger partial charge in [0.25, 0.3) is 5.91 Å². The van der Waals surface area contributed by atoms with E-state index in [0.717, 1.165) is 44.1 Å². The standard InChI is InChI=1S/C19H20N6O2/c26-19(23-18-5-4-17(11-21-18)25-14-20-13-22-25)16-3-1-2-15(10-16)12-24-6-8-27-9-7-24/h1-5,10-11,13-14H,6-9,12H2,(H,21,23,26). The molecule has 27 heavy (non-hydrogen) atoms. The van der Waals surface area contributed by atoms with Crippen molar-refractivity contribution < 1.29 is 9.53 Å². The highest BCUT2D eigenvalue weighted by atomic mass is 16.5. The molecule has 1 N–H and O–H groups in total. The molecule has 0 unspecified atom stereocenters. The van der Waals surface area contributed by atoms with Gasteiger partial charge >= 0.3 is 0 Å². The minimum absolute atomic E-state index is 0.181. The first-order valence-electron chi connectivity index (χ1n) is 8.79. The third kappa shape index (κ3) is 4.36. The molecule has 0 saturated carbocycles. The molecule has 4 rings (SSSR count). The summed E-state index contributed by atoms with van der Waals surface area (Å²) in [4.78, 5) is 23.1. The lowest BCUT2D eigenvalue weighted by Gasteiger charge is -2.26. The normalized spacial score (nSPS) is 14.8. The second-order valence-corrected chi connectivity index (χ2v) is 6.28. The fourth-order valence-electron chi connectivity index (χ4n) is 2.95. The van der Waals surface area contributed by atoms with E-state index in [1.54, 1.807) is 23.3 Å². The largest absolute Gasteiger partial charge is 0.379 e. The number of aromatic nitrogens is 4. The minimum Gasteiger partial charge on any atom is -0.379 e. The van der Waals surface area contributed by atoms with Crippen LogP contribution in [-0.4, -0.2) is 56.9 Å². The molecule has 1 aliphatic heterocycles. The van der Waals surface area contributed by atoms with Crippen molar-refractivity contribution in [1.29, 1.82) is 0 Å². The van der Waals surface area contributed by atoms with Crippen molar-refractivity contribution in [2.45, 2.75) is 6.54 Å². The van der Waals surface area contributed by atoms with Gasteiger partial charge in [0.15, 0.2) is 0 Å². The molecule has 1 amide bonds. The van der Waals surface area contributed by atoms with E-state index in [0.29, 0.717) is 11.4 Å². The minimum atomic E-state index is -0.181. The molecule has 3 heterocycles. The van der Waals surface area contributed by atoms with Crippen molar-refractivity contribution in [3.8, 4) is 5.69 Å². The Morgan fingerprint density at radius 2 is 2.07 bits per heavy atom.